The molecule has 0 spiro atoms. The Morgan fingerprint density at radius 3 is 1.35 bits per heavy atom. The van der Waals surface area contributed by atoms with Crippen LogP contribution in [-0.2, 0) is 10.4 Å². The van der Waals surface area contributed by atoms with Gasteiger partial charge < -0.3 is 15.3 Å². The van der Waals surface area contributed by atoms with E-state index in [9.17, 15) is 0 Å². The van der Waals surface area contributed by atoms with Crippen LogP contribution in [0.3, 0.4) is 0 Å². The number of rotatable bonds is 6. The van der Waals surface area contributed by atoms with E-state index in [-0.39, 0.29) is 0 Å². The van der Waals surface area contributed by atoms with Crippen molar-refractivity contribution >= 4 is 13.6 Å². The van der Waals surface area contributed by atoms with Crippen LogP contribution >= 0.6 is 0 Å². The van der Waals surface area contributed by atoms with Crippen LogP contribution < -0.4 is 0 Å². The van der Waals surface area contributed by atoms with Gasteiger partial charge in [-0.25, -0.2) is 0 Å². The van der Waals surface area contributed by atoms with Gasteiger partial charge in [-0.3, -0.25) is 0 Å². The molecule has 4 nitrogen and oxygen atoms in total. The normalized spacial score (nSPS) is 10.5. The third-order valence-electron chi connectivity index (χ3n) is 4.06. The van der Waals surface area contributed by atoms with E-state index in [0.717, 1.165) is 0 Å². The largest absolute Gasteiger partial charge is 0.356 e. The Morgan fingerprint density at radius 2 is 1.09 bits per heavy atom. The third kappa shape index (κ3) is 7.34. The first kappa shape index (κ1) is 19.2. The molecule has 23 heavy (non-hydrogen) atoms. The molecule has 0 atom stereocenters. The third-order valence-corrected chi connectivity index (χ3v) is 14.0. The summed E-state index contributed by atoms with van der Waals surface area (Å²) in [7, 11) is 0. The van der Waals surface area contributed by atoms with E-state index < -0.39 is 18.6 Å². The van der Waals surface area contributed by atoms with E-state index in [4.69, 9.17) is 15.3 Å². The minimum Gasteiger partial charge on any atom is -0.356 e. The summed E-state index contributed by atoms with van der Waals surface area (Å²) in [5.74, 6) is 0. The van der Waals surface area contributed by atoms with E-state index >= 15 is 0 Å². The van der Waals surface area contributed by atoms with Gasteiger partial charge in [0.1, 0.15) is 0 Å². The van der Waals surface area contributed by atoms with E-state index in [0.29, 0.717) is 0 Å². The molecule has 0 amide bonds. The molecule has 5 heteroatoms. The zero-order chi connectivity index (χ0) is 17.1. The maximum atomic E-state index is 8.25. The summed E-state index contributed by atoms with van der Waals surface area (Å²) < 4.78 is 0. The molecule has 0 bridgehead atoms. The van der Waals surface area contributed by atoms with Crippen molar-refractivity contribution in [2.45, 2.75) is 34.7 Å². The van der Waals surface area contributed by atoms with Gasteiger partial charge in [-0.15, -0.1) is 0 Å². The first-order chi connectivity index (χ1) is 11.0. The smallest absolute Gasteiger partial charge is 0.0689 e. The molecule has 2 aromatic rings. The number of nitrogens with zero attached hydrogens (tertiary/aromatic N) is 1. The van der Waals surface area contributed by atoms with Crippen LogP contribution in [0.1, 0.15) is 25.0 Å². The quantitative estimate of drug-likeness (QED) is 0.413. The second kappa shape index (κ2) is 10.1. The Kier molecular flexibility index (Phi) is 8.42. The molecule has 0 aliphatic rings. The Morgan fingerprint density at radius 1 is 0.783 bits per heavy atom. The van der Waals surface area contributed by atoms with E-state index in [1.165, 1.54) is 32.0 Å². The molecule has 0 unspecified atom stereocenters. The first-order valence-corrected chi connectivity index (χ1v) is 13.1. The van der Waals surface area contributed by atoms with Crippen molar-refractivity contribution in [2.24, 2.45) is 0 Å². The first-order valence-electron chi connectivity index (χ1n) is 7.76. The fourth-order valence-corrected chi connectivity index (χ4v) is 9.85. The number of hydrogen-bond donors (Lipinski definition) is 0. The molecule has 2 rings (SSSR count). The fraction of sp³-hybridized carbons (Fsp3) is 0.333. The van der Waals surface area contributed by atoms with Crippen LogP contribution in [0.15, 0.2) is 60.7 Å². The number of hydrogen-bond acceptors (Lipinski definition) is 3. The zero-order valence-corrected chi connectivity index (χ0v) is 15.6. The van der Waals surface area contributed by atoms with Gasteiger partial charge in [-0.1, -0.05) is 0 Å². The molecule has 0 heterocycles. The Labute approximate surface area is 140 Å². The summed E-state index contributed by atoms with van der Waals surface area (Å²) in [6, 6.07) is 22.1. The zero-order valence-electron chi connectivity index (χ0n) is 13.7. The molecule has 2 aromatic carbocycles. The van der Waals surface area contributed by atoms with Crippen LogP contribution in [0.2, 0.25) is 10.4 Å². The van der Waals surface area contributed by atoms with E-state index in [1.807, 2.05) is 0 Å². The van der Waals surface area contributed by atoms with Crippen molar-refractivity contribution in [3.05, 3.63) is 87.1 Å². The van der Waals surface area contributed by atoms with Crippen molar-refractivity contribution in [1.29, 1.82) is 0 Å². The monoisotopic (exact) mass is 377 g/mol. The molecular weight excluding hydrogens is 353 g/mol. The van der Waals surface area contributed by atoms with Crippen LogP contribution in [0, 0.1) is 15.3 Å². The van der Waals surface area contributed by atoms with Gasteiger partial charge in [0.25, 0.3) is 0 Å². The van der Waals surface area contributed by atoms with Crippen LogP contribution in [-0.4, -0.2) is 18.6 Å². The van der Waals surface area contributed by atoms with Crippen LogP contribution in [0.25, 0.3) is 0 Å². The molecule has 0 aliphatic carbocycles. The molecule has 0 saturated carbocycles. The molecule has 0 aromatic heterocycles. The Bertz CT molecular complexity index is 524. The summed E-state index contributed by atoms with van der Waals surface area (Å²) in [4.78, 5) is 8.25. The minimum absolute atomic E-state index is 1.35. The molecule has 0 radical (unpaired) electrons. The predicted molar refractivity (Wildman–Crippen MR) is 97.4 cm³/mol. The summed E-state index contributed by atoms with van der Waals surface area (Å²) >= 11 is -1.61. The topological polar surface area (TPSA) is 66.2 Å². The predicted octanol–water partition coefficient (Wildman–Crippen LogP) is 4.80. The minimum atomic E-state index is -1.75. The Balaban J connectivity index is 0.000000593. The molecule has 0 aliphatic heterocycles. The fourth-order valence-electron chi connectivity index (χ4n) is 2.67. The summed E-state index contributed by atoms with van der Waals surface area (Å²) in [6.07, 6.45) is 0. The summed E-state index contributed by atoms with van der Waals surface area (Å²) in [6.45, 7) is 4.81. The van der Waals surface area contributed by atoms with Gasteiger partial charge in [0.2, 0.25) is 0 Å². The van der Waals surface area contributed by atoms with Crippen LogP contribution in [0.4, 0.5) is 0 Å². The molecular formula is C18H24AsNO3. The van der Waals surface area contributed by atoms with Crippen LogP contribution in [0.5, 0.6) is 0 Å². The SMILES string of the molecule is CC[As+](CC)(Cc1ccccc1)Cc1ccccc1.O=[N+]([O-])[O-]. The van der Waals surface area contributed by atoms with Crippen molar-refractivity contribution in [2.75, 3.05) is 0 Å². The van der Waals surface area contributed by atoms with Crippen molar-refractivity contribution < 1.29 is 5.09 Å². The molecule has 124 valence electrons. The van der Waals surface area contributed by atoms with Gasteiger partial charge in [-0.05, 0) is 0 Å². The second-order valence-corrected chi connectivity index (χ2v) is 15.1. The van der Waals surface area contributed by atoms with Gasteiger partial charge in [0.05, 0.1) is 5.09 Å². The van der Waals surface area contributed by atoms with Gasteiger partial charge >= 0.3 is 120 Å². The molecule has 0 fully saturated rings. The summed E-state index contributed by atoms with van der Waals surface area (Å²) in [5, 5.41) is 20.2. The van der Waals surface area contributed by atoms with Gasteiger partial charge in [0.15, 0.2) is 0 Å². The van der Waals surface area contributed by atoms with Crippen molar-refractivity contribution in [3.8, 4) is 0 Å². The maximum absolute atomic E-state index is 8.25. The van der Waals surface area contributed by atoms with Gasteiger partial charge in [-0.2, -0.15) is 0 Å². The molecule has 0 N–H and O–H groups in total. The van der Waals surface area contributed by atoms with E-state index in [1.54, 1.807) is 0 Å². The Hall–Kier alpha value is -1.80. The average Bonchev–Trinajstić information content (AvgIpc) is 2.55. The average molecular weight is 377 g/mol. The number of benzene rings is 2. The standard InChI is InChI=1S/C18H24As.NO3/c1-3-19(4-2,15-17-11-7-5-8-12-17)16-18-13-9-6-10-14-18;2-1(3)4/h5-14H,3-4,15-16H2,1-2H3;/q+1;-1. The van der Waals surface area contributed by atoms with Crippen molar-refractivity contribution in [3.63, 3.8) is 0 Å². The summed E-state index contributed by atoms with van der Waals surface area (Å²) in [5.41, 5.74) is 3.07. The van der Waals surface area contributed by atoms with Crippen molar-refractivity contribution in [1.82, 2.24) is 0 Å². The molecule has 0 saturated heterocycles. The second-order valence-electron chi connectivity index (χ2n) is 5.49. The maximum Gasteiger partial charge on any atom is 0.0689 e. The van der Waals surface area contributed by atoms with E-state index in [2.05, 4.69) is 74.5 Å². The van der Waals surface area contributed by atoms with Gasteiger partial charge in [0, 0.05) is 0 Å².